The second kappa shape index (κ2) is 11.6. The third kappa shape index (κ3) is 4.67. The van der Waals surface area contributed by atoms with Crippen molar-refractivity contribution in [1.82, 2.24) is 0 Å². The molecule has 0 radical (unpaired) electrons. The third-order valence-electron chi connectivity index (χ3n) is 10.9. The van der Waals surface area contributed by atoms with Crippen LogP contribution in [0.1, 0.15) is 25.0 Å². The highest BCUT2D eigenvalue weighted by Gasteiger charge is 2.36. The second-order valence-corrected chi connectivity index (χ2v) is 15.2. The van der Waals surface area contributed by atoms with Crippen LogP contribution in [-0.4, -0.2) is 0 Å². The van der Waals surface area contributed by atoms with Gasteiger partial charge in [0.05, 0.1) is 5.69 Å². The van der Waals surface area contributed by atoms with Crippen LogP contribution in [0.15, 0.2) is 176 Å². The number of benzene rings is 8. The van der Waals surface area contributed by atoms with E-state index in [-0.39, 0.29) is 5.41 Å². The van der Waals surface area contributed by atoms with E-state index in [1.807, 2.05) is 11.3 Å². The molecule has 0 unspecified atom stereocenters. The van der Waals surface area contributed by atoms with E-state index in [0.717, 1.165) is 11.4 Å². The Morgan fingerprint density at radius 1 is 0.451 bits per heavy atom. The Bertz CT molecular complexity index is 2770. The summed E-state index contributed by atoms with van der Waals surface area (Å²) in [6.45, 7) is 4.73. The zero-order chi connectivity index (χ0) is 34.1. The van der Waals surface area contributed by atoms with Gasteiger partial charge >= 0.3 is 0 Å². The van der Waals surface area contributed by atoms with Crippen LogP contribution in [0, 0.1) is 0 Å². The zero-order valence-corrected chi connectivity index (χ0v) is 29.4. The van der Waals surface area contributed by atoms with E-state index in [4.69, 9.17) is 0 Å². The van der Waals surface area contributed by atoms with Crippen molar-refractivity contribution in [2.24, 2.45) is 0 Å². The predicted molar refractivity (Wildman–Crippen MR) is 220 cm³/mol. The Labute approximate surface area is 302 Å². The summed E-state index contributed by atoms with van der Waals surface area (Å²) < 4.78 is 2.61. The molecule has 242 valence electrons. The number of fused-ring (bicyclic) bond motifs is 7. The van der Waals surface area contributed by atoms with Crippen LogP contribution < -0.4 is 4.90 Å². The number of nitrogens with zero attached hydrogens (tertiary/aromatic N) is 1. The van der Waals surface area contributed by atoms with Gasteiger partial charge in [0.2, 0.25) is 0 Å². The second-order valence-electron chi connectivity index (χ2n) is 14.1. The van der Waals surface area contributed by atoms with Crippen LogP contribution in [-0.2, 0) is 5.41 Å². The number of rotatable bonds is 5. The van der Waals surface area contributed by atoms with Crippen molar-refractivity contribution < 1.29 is 0 Å². The minimum atomic E-state index is -0.114. The van der Waals surface area contributed by atoms with Gasteiger partial charge in [-0.05, 0) is 92.2 Å². The molecule has 0 spiro atoms. The molecule has 0 aliphatic heterocycles. The summed E-state index contributed by atoms with van der Waals surface area (Å²) in [5, 5.41) is 5.11. The maximum atomic E-state index is 2.50. The Hall–Kier alpha value is -5.96. The third-order valence-corrected chi connectivity index (χ3v) is 12.0. The van der Waals surface area contributed by atoms with Gasteiger partial charge < -0.3 is 4.90 Å². The first-order chi connectivity index (χ1) is 25.1. The fraction of sp³-hybridized carbons (Fsp3) is 0.0612. The normalized spacial score (nSPS) is 13.1. The molecule has 51 heavy (non-hydrogen) atoms. The molecule has 8 aromatic carbocycles. The molecule has 0 fully saturated rings. The maximum absolute atomic E-state index is 2.50. The van der Waals surface area contributed by atoms with Crippen molar-refractivity contribution in [3.05, 3.63) is 187 Å². The first-order valence-electron chi connectivity index (χ1n) is 17.7. The van der Waals surface area contributed by atoms with Crippen molar-refractivity contribution >= 4 is 59.3 Å². The number of anilines is 3. The average Bonchev–Trinajstić information content (AvgIpc) is 3.67. The van der Waals surface area contributed by atoms with Crippen molar-refractivity contribution in [1.29, 1.82) is 0 Å². The van der Waals surface area contributed by atoms with Crippen LogP contribution in [0.5, 0.6) is 0 Å². The van der Waals surface area contributed by atoms with E-state index < -0.39 is 0 Å². The monoisotopic (exact) mass is 669 g/mol. The van der Waals surface area contributed by atoms with Gasteiger partial charge in [-0.2, -0.15) is 0 Å². The molecule has 1 aliphatic rings. The molecule has 10 rings (SSSR count). The molecule has 1 aromatic heterocycles. The predicted octanol–water partition coefficient (Wildman–Crippen LogP) is 14.3. The van der Waals surface area contributed by atoms with Crippen molar-refractivity contribution in [2.45, 2.75) is 19.3 Å². The molecule has 9 aromatic rings. The summed E-state index contributed by atoms with van der Waals surface area (Å²) in [6, 6.07) is 64.9. The van der Waals surface area contributed by atoms with Gasteiger partial charge in [0.15, 0.2) is 0 Å². The molecular formula is C49H35NS. The van der Waals surface area contributed by atoms with Crippen molar-refractivity contribution in [3.63, 3.8) is 0 Å². The lowest BCUT2D eigenvalue weighted by molar-refractivity contribution is 0.660. The topological polar surface area (TPSA) is 3.24 Å². The molecule has 2 heteroatoms. The summed E-state index contributed by atoms with van der Waals surface area (Å²) in [5.74, 6) is 0. The van der Waals surface area contributed by atoms with Crippen molar-refractivity contribution in [2.75, 3.05) is 4.90 Å². The molecule has 1 aliphatic carbocycles. The Balaban J connectivity index is 1.28. The van der Waals surface area contributed by atoms with E-state index in [9.17, 15) is 0 Å². The number of hydrogen-bond acceptors (Lipinski definition) is 2. The Morgan fingerprint density at radius 2 is 1.10 bits per heavy atom. The average molecular weight is 670 g/mol. The quantitative estimate of drug-likeness (QED) is 0.176. The lowest BCUT2D eigenvalue weighted by Gasteiger charge is -2.30. The van der Waals surface area contributed by atoms with Crippen LogP contribution in [0.2, 0.25) is 0 Å². The van der Waals surface area contributed by atoms with Crippen molar-refractivity contribution in [3.8, 4) is 33.4 Å². The largest absolute Gasteiger partial charge is 0.310 e. The molecule has 0 amide bonds. The molecule has 0 saturated heterocycles. The molecule has 1 heterocycles. The van der Waals surface area contributed by atoms with E-state index in [0.29, 0.717) is 0 Å². The van der Waals surface area contributed by atoms with E-state index in [2.05, 4.69) is 195 Å². The number of thiophene rings is 1. The highest BCUT2D eigenvalue weighted by Crippen LogP contribution is 2.53. The van der Waals surface area contributed by atoms with Gasteiger partial charge in [0.1, 0.15) is 0 Å². The standard InChI is InChI=1S/C49H35NS/c1-49(2)42-21-10-8-18-38(42)39-28-27-36(31-43(39)49)50(35-25-23-33(24-26-35)32-13-4-3-5-14-32)44-29-30-46-48(41-19-9-11-22-45(41)51-46)47(44)40-20-12-16-34-15-6-7-17-37(34)40/h3-31H,1-2H3. The summed E-state index contributed by atoms with van der Waals surface area (Å²) in [5.41, 5.74) is 13.7. The van der Waals surface area contributed by atoms with Gasteiger partial charge in [-0.1, -0.05) is 147 Å². The van der Waals surface area contributed by atoms with Crippen LogP contribution >= 0.6 is 11.3 Å². The first-order valence-corrected chi connectivity index (χ1v) is 18.5. The highest BCUT2D eigenvalue weighted by atomic mass is 32.1. The van der Waals surface area contributed by atoms with E-state index in [1.54, 1.807) is 0 Å². The molecule has 0 N–H and O–H groups in total. The lowest BCUT2D eigenvalue weighted by atomic mass is 9.82. The smallest absolute Gasteiger partial charge is 0.0547 e. The summed E-state index contributed by atoms with van der Waals surface area (Å²) in [6.07, 6.45) is 0. The summed E-state index contributed by atoms with van der Waals surface area (Å²) in [7, 11) is 0. The summed E-state index contributed by atoms with van der Waals surface area (Å²) in [4.78, 5) is 2.50. The molecular weight excluding hydrogens is 635 g/mol. The lowest BCUT2D eigenvalue weighted by Crippen LogP contribution is -2.17. The first kappa shape index (κ1) is 29.9. The fourth-order valence-electron chi connectivity index (χ4n) is 8.40. The SMILES string of the molecule is CC1(C)c2ccccc2-c2ccc(N(c3ccc(-c4ccccc4)cc3)c3ccc4sc5ccccc5c4c3-c3cccc4ccccc34)cc21. The molecule has 0 saturated carbocycles. The molecule has 0 bridgehead atoms. The Morgan fingerprint density at radius 3 is 1.96 bits per heavy atom. The minimum Gasteiger partial charge on any atom is -0.310 e. The van der Waals surface area contributed by atoms with Crippen LogP contribution in [0.4, 0.5) is 17.1 Å². The molecule has 1 nitrogen and oxygen atoms in total. The number of hydrogen-bond donors (Lipinski definition) is 0. The minimum absolute atomic E-state index is 0.114. The van der Waals surface area contributed by atoms with Gasteiger partial charge in [0.25, 0.3) is 0 Å². The maximum Gasteiger partial charge on any atom is 0.0547 e. The van der Waals surface area contributed by atoms with E-state index >= 15 is 0 Å². The Kier molecular flexibility index (Phi) is 6.78. The van der Waals surface area contributed by atoms with Gasteiger partial charge in [-0.3, -0.25) is 0 Å². The summed E-state index contributed by atoms with van der Waals surface area (Å²) >= 11 is 1.88. The van der Waals surface area contributed by atoms with Gasteiger partial charge in [-0.25, -0.2) is 0 Å². The van der Waals surface area contributed by atoms with Crippen LogP contribution in [0.25, 0.3) is 64.3 Å². The van der Waals surface area contributed by atoms with E-state index in [1.165, 1.54) is 81.1 Å². The zero-order valence-electron chi connectivity index (χ0n) is 28.6. The fourth-order valence-corrected chi connectivity index (χ4v) is 9.51. The van der Waals surface area contributed by atoms with Gasteiger partial charge in [-0.15, -0.1) is 11.3 Å². The highest BCUT2D eigenvalue weighted by molar-refractivity contribution is 7.26. The van der Waals surface area contributed by atoms with Crippen LogP contribution in [0.3, 0.4) is 0 Å². The molecule has 0 atom stereocenters. The van der Waals surface area contributed by atoms with Gasteiger partial charge in [0, 0.05) is 42.5 Å².